The van der Waals surface area contributed by atoms with Gasteiger partial charge in [-0.2, -0.15) is 0 Å². The van der Waals surface area contributed by atoms with Crippen LogP contribution in [0.4, 0.5) is 4.39 Å². The molecule has 0 unspecified atom stereocenters. The van der Waals surface area contributed by atoms with Crippen LogP contribution in [0, 0.1) is 5.82 Å². The Morgan fingerprint density at radius 2 is 1.88 bits per heavy atom. The molecule has 4 nitrogen and oxygen atoms in total. The second-order valence-corrected chi connectivity index (χ2v) is 7.86. The Hall–Kier alpha value is -1.01. The number of ether oxygens (including phenoxy) is 2. The molecule has 3 saturated heterocycles. The van der Waals surface area contributed by atoms with Crippen molar-refractivity contribution in [1.29, 1.82) is 0 Å². The maximum atomic E-state index is 13.1. The number of nitrogens with zero attached hydrogens (tertiary/aromatic N) is 2. The van der Waals surface area contributed by atoms with Crippen LogP contribution in [0.15, 0.2) is 24.3 Å². The van der Waals surface area contributed by atoms with Crippen LogP contribution in [0.2, 0.25) is 0 Å². The number of halogens is 1. The zero-order valence-electron chi connectivity index (χ0n) is 15.0. The summed E-state index contributed by atoms with van der Waals surface area (Å²) < 4.78 is 25.6. The molecule has 1 spiro atoms. The lowest BCUT2D eigenvalue weighted by atomic mass is 9.99. The smallest absolute Gasteiger partial charge is 0.123 e. The SMILES string of the molecule is Fc1ccc(CN2CCOC[C@]3(CC[C@@H](CN4CCCC4)O3)C2)cc1. The molecule has 3 aliphatic heterocycles. The van der Waals surface area contributed by atoms with E-state index in [0.29, 0.717) is 12.7 Å². The molecule has 0 N–H and O–H groups in total. The molecule has 0 bridgehead atoms. The summed E-state index contributed by atoms with van der Waals surface area (Å²) in [6.45, 7) is 7.58. The van der Waals surface area contributed by atoms with Crippen molar-refractivity contribution >= 4 is 0 Å². The molecule has 1 aromatic carbocycles. The lowest BCUT2D eigenvalue weighted by Crippen LogP contribution is -2.45. The normalized spacial score (nSPS) is 31.6. The van der Waals surface area contributed by atoms with E-state index in [0.717, 1.165) is 51.2 Å². The Balaban J connectivity index is 1.36. The highest BCUT2D eigenvalue weighted by molar-refractivity contribution is 5.16. The largest absolute Gasteiger partial charge is 0.377 e. The highest BCUT2D eigenvalue weighted by atomic mass is 19.1. The van der Waals surface area contributed by atoms with E-state index in [1.54, 1.807) is 0 Å². The molecule has 0 aliphatic carbocycles. The lowest BCUT2D eigenvalue weighted by molar-refractivity contribution is -0.0913. The van der Waals surface area contributed by atoms with Gasteiger partial charge in [0.25, 0.3) is 0 Å². The molecule has 0 amide bonds. The summed E-state index contributed by atoms with van der Waals surface area (Å²) in [5, 5.41) is 0. The molecule has 3 heterocycles. The maximum absolute atomic E-state index is 13.1. The van der Waals surface area contributed by atoms with Gasteiger partial charge in [-0.1, -0.05) is 12.1 Å². The number of rotatable bonds is 4. The van der Waals surface area contributed by atoms with Gasteiger partial charge in [-0.15, -0.1) is 0 Å². The zero-order chi connectivity index (χ0) is 17.1. The standard InChI is InChI=1S/C20H29FN2O2/c21-18-5-3-17(4-6-18)13-23-11-12-24-16-20(15-23)8-7-19(25-20)14-22-9-1-2-10-22/h3-6,19H,1-2,7-16H2/t19-,20-/m0/s1. The number of hydrogen-bond acceptors (Lipinski definition) is 4. The molecular formula is C20H29FN2O2. The Bertz CT molecular complexity index is 561. The summed E-state index contributed by atoms with van der Waals surface area (Å²) >= 11 is 0. The average molecular weight is 348 g/mol. The third-order valence-corrected chi connectivity index (χ3v) is 5.75. The van der Waals surface area contributed by atoms with Gasteiger partial charge in [-0.05, 0) is 56.5 Å². The lowest BCUT2D eigenvalue weighted by Gasteiger charge is -2.32. The van der Waals surface area contributed by atoms with Crippen LogP contribution in [-0.2, 0) is 16.0 Å². The summed E-state index contributed by atoms with van der Waals surface area (Å²) in [5.74, 6) is -0.177. The third-order valence-electron chi connectivity index (χ3n) is 5.75. The van der Waals surface area contributed by atoms with Gasteiger partial charge in [0.1, 0.15) is 11.4 Å². The van der Waals surface area contributed by atoms with Gasteiger partial charge in [0, 0.05) is 26.2 Å². The predicted molar refractivity (Wildman–Crippen MR) is 95.0 cm³/mol. The molecule has 3 aliphatic rings. The molecule has 138 valence electrons. The first-order valence-corrected chi connectivity index (χ1v) is 9.66. The summed E-state index contributed by atoms with van der Waals surface area (Å²) in [6.07, 6.45) is 5.20. The predicted octanol–water partition coefficient (Wildman–Crippen LogP) is 2.67. The van der Waals surface area contributed by atoms with Crippen LogP contribution in [0.25, 0.3) is 0 Å². The van der Waals surface area contributed by atoms with E-state index >= 15 is 0 Å². The van der Waals surface area contributed by atoms with Crippen molar-refractivity contribution in [2.24, 2.45) is 0 Å². The van der Waals surface area contributed by atoms with Crippen molar-refractivity contribution in [3.63, 3.8) is 0 Å². The van der Waals surface area contributed by atoms with Gasteiger partial charge in [0.05, 0.1) is 19.3 Å². The molecular weight excluding hydrogens is 319 g/mol. The van der Waals surface area contributed by atoms with E-state index in [1.165, 1.54) is 38.1 Å². The molecule has 0 radical (unpaired) electrons. The molecule has 4 rings (SSSR count). The van der Waals surface area contributed by atoms with Crippen molar-refractivity contribution in [2.45, 2.75) is 43.9 Å². The molecule has 5 heteroatoms. The van der Waals surface area contributed by atoms with E-state index in [9.17, 15) is 4.39 Å². The van der Waals surface area contributed by atoms with Crippen LogP contribution >= 0.6 is 0 Å². The molecule has 2 atom stereocenters. The van der Waals surface area contributed by atoms with Crippen molar-refractivity contribution in [3.8, 4) is 0 Å². The minimum absolute atomic E-state index is 0.166. The van der Waals surface area contributed by atoms with E-state index < -0.39 is 0 Å². The Labute approximate surface area is 149 Å². The van der Waals surface area contributed by atoms with Crippen LogP contribution in [-0.4, -0.2) is 67.4 Å². The molecule has 3 fully saturated rings. The molecule has 0 aromatic heterocycles. The molecule has 0 saturated carbocycles. The second kappa shape index (κ2) is 7.70. The van der Waals surface area contributed by atoms with Gasteiger partial charge < -0.3 is 14.4 Å². The molecule has 25 heavy (non-hydrogen) atoms. The summed E-state index contributed by atoms with van der Waals surface area (Å²) in [5.41, 5.74) is 0.978. The first-order chi connectivity index (χ1) is 12.2. The van der Waals surface area contributed by atoms with Crippen LogP contribution < -0.4 is 0 Å². The van der Waals surface area contributed by atoms with E-state index in [2.05, 4.69) is 9.80 Å². The second-order valence-electron chi connectivity index (χ2n) is 7.86. The van der Waals surface area contributed by atoms with Crippen LogP contribution in [0.5, 0.6) is 0 Å². The highest BCUT2D eigenvalue weighted by Crippen LogP contribution is 2.34. The number of likely N-dealkylation sites (tertiary alicyclic amines) is 1. The van der Waals surface area contributed by atoms with Gasteiger partial charge in [-0.3, -0.25) is 4.90 Å². The quantitative estimate of drug-likeness (QED) is 0.835. The Morgan fingerprint density at radius 3 is 2.68 bits per heavy atom. The number of hydrogen-bond donors (Lipinski definition) is 0. The van der Waals surface area contributed by atoms with Crippen molar-refractivity contribution < 1.29 is 13.9 Å². The summed E-state index contributed by atoms with van der Waals surface area (Å²) in [7, 11) is 0. The van der Waals surface area contributed by atoms with Gasteiger partial charge >= 0.3 is 0 Å². The van der Waals surface area contributed by atoms with E-state index in [4.69, 9.17) is 9.47 Å². The fraction of sp³-hybridized carbons (Fsp3) is 0.700. The first kappa shape index (κ1) is 17.4. The topological polar surface area (TPSA) is 24.9 Å². The fourth-order valence-electron chi connectivity index (χ4n) is 4.47. The van der Waals surface area contributed by atoms with Crippen molar-refractivity contribution in [1.82, 2.24) is 9.80 Å². The van der Waals surface area contributed by atoms with E-state index in [-0.39, 0.29) is 11.4 Å². The Kier molecular flexibility index (Phi) is 5.36. The maximum Gasteiger partial charge on any atom is 0.123 e. The zero-order valence-corrected chi connectivity index (χ0v) is 15.0. The minimum atomic E-state index is -0.177. The van der Waals surface area contributed by atoms with Gasteiger partial charge in [-0.25, -0.2) is 4.39 Å². The van der Waals surface area contributed by atoms with Crippen LogP contribution in [0.3, 0.4) is 0 Å². The van der Waals surface area contributed by atoms with Gasteiger partial charge in [0.2, 0.25) is 0 Å². The van der Waals surface area contributed by atoms with Gasteiger partial charge in [0.15, 0.2) is 0 Å². The molecule has 1 aromatic rings. The number of benzene rings is 1. The fourth-order valence-corrected chi connectivity index (χ4v) is 4.47. The van der Waals surface area contributed by atoms with E-state index in [1.807, 2.05) is 12.1 Å². The monoisotopic (exact) mass is 348 g/mol. The van der Waals surface area contributed by atoms with Crippen LogP contribution in [0.1, 0.15) is 31.2 Å². The Morgan fingerprint density at radius 1 is 1.08 bits per heavy atom. The first-order valence-electron chi connectivity index (χ1n) is 9.66. The minimum Gasteiger partial charge on any atom is -0.377 e. The average Bonchev–Trinajstić information content (AvgIpc) is 3.20. The van der Waals surface area contributed by atoms with Crippen molar-refractivity contribution in [3.05, 3.63) is 35.6 Å². The summed E-state index contributed by atoms with van der Waals surface area (Å²) in [4.78, 5) is 4.94. The highest BCUT2D eigenvalue weighted by Gasteiger charge is 2.43. The van der Waals surface area contributed by atoms with Crippen molar-refractivity contribution in [2.75, 3.05) is 45.9 Å². The third kappa shape index (κ3) is 4.40. The summed E-state index contributed by atoms with van der Waals surface area (Å²) in [6, 6.07) is 6.83.